The van der Waals surface area contributed by atoms with Gasteiger partial charge < -0.3 is 9.75 Å². The van der Waals surface area contributed by atoms with Crippen LogP contribution in [-0.2, 0) is 0 Å². The van der Waals surface area contributed by atoms with Gasteiger partial charge >= 0.3 is 0 Å². The molecule has 0 amide bonds. The zero-order valence-electron chi connectivity index (χ0n) is 15.0. The quantitative estimate of drug-likeness (QED) is 0.388. The van der Waals surface area contributed by atoms with Crippen LogP contribution in [0, 0.1) is 0 Å². The summed E-state index contributed by atoms with van der Waals surface area (Å²) < 4.78 is 7.88. The number of hydrazone groups is 1. The zero-order valence-corrected chi connectivity index (χ0v) is 15.0. The third-order valence-corrected chi connectivity index (χ3v) is 3.62. The van der Waals surface area contributed by atoms with Gasteiger partial charge in [0, 0.05) is 26.5 Å². The number of rotatable bonds is 6. The molecule has 0 atom stereocenters. The number of imidazole rings is 1. The van der Waals surface area contributed by atoms with Crippen LogP contribution in [0.4, 0.5) is 0 Å². The Balaban J connectivity index is 1.80. The van der Waals surface area contributed by atoms with Gasteiger partial charge in [-0.3, -0.25) is 4.57 Å². The van der Waals surface area contributed by atoms with Gasteiger partial charge in [-0.05, 0) is 23.8 Å². The first-order valence-corrected chi connectivity index (χ1v) is 8.42. The van der Waals surface area contributed by atoms with E-state index in [4.69, 9.17) is 4.74 Å². The van der Waals surface area contributed by atoms with Crippen LogP contribution < -0.4 is 4.74 Å². The van der Waals surface area contributed by atoms with Gasteiger partial charge in [0.2, 0.25) is 0 Å². The molecule has 0 N–H and O–H groups in total. The predicted molar refractivity (Wildman–Crippen MR) is 105 cm³/mol. The number of para-hydroxylation sites is 1. The lowest BCUT2D eigenvalue weighted by Crippen LogP contribution is -2.18. The molecular formula is C21H22N4O. The summed E-state index contributed by atoms with van der Waals surface area (Å²) in [6, 6.07) is 18.1. The number of hydrogen-bond acceptors (Lipinski definition) is 4. The average molecular weight is 346 g/mol. The summed E-state index contributed by atoms with van der Waals surface area (Å²) in [5.41, 5.74) is 2.06. The molecule has 3 aromatic rings. The summed E-state index contributed by atoms with van der Waals surface area (Å²) in [4.78, 5) is 4.13. The molecule has 2 aromatic carbocycles. The van der Waals surface area contributed by atoms with Gasteiger partial charge in [0.1, 0.15) is 18.7 Å². The second-order valence-corrected chi connectivity index (χ2v) is 5.86. The average Bonchev–Trinajstić information content (AvgIpc) is 3.19. The fourth-order valence-electron chi connectivity index (χ4n) is 2.48. The molecule has 0 saturated heterocycles. The van der Waals surface area contributed by atoms with Crippen molar-refractivity contribution in [2.45, 2.75) is 0 Å². The lowest BCUT2D eigenvalue weighted by atomic mass is 10.2. The van der Waals surface area contributed by atoms with Gasteiger partial charge in [-0.1, -0.05) is 48.5 Å². The highest BCUT2D eigenvalue weighted by Crippen LogP contribution is 2.20. The minimum Gasteiger partial charge on any atom is -0.489 e. The summed E-state index contributed by atoms with van der Waals surface area (Å²) in [6.45, 7) is 0.477. The molecule has 5 heteroatoms. The molecule has 1 heterocycles. The molecule has 0 bridgehead atoms. The Morgan fingerprint density at radius 2 is 1.88 bits per heavy atom. The van der Waals surface area contributed by atoms with Crippen molar-refractivity contribution in [2.75, 3.05) is 20.7 Å². The topological polar surface area (TPSA) is 42.6 Å². The van der Waals surface area contributed by atoms with E-state index in [1.165, 1.54) is 0 Å². The summed E-state index contributed by atoms with van der Waals surface area (Å²) in [6.07, 6.45) is 9.39. The molecular weight excluding hydrogens is 324 g/mol. The fourth-order valence-corrected chi connectivity index (χ4v) is 2.48. The summed E-state index contributed by atoms with van der Waals surface area (Å²) in [7, 11) is 3.78. The standard InChI is InChI=1S/C21H22N4O/c1-24(2)23-21(25-15-14-22-17-25)19-12-6-7-13-20(19)26-16-8-11-18-9-4-3-5-10-18/h3-15,17H,16H2,1-2H3. The number of ether oxygens (including phenoxy) is 1. The van der Waals surface area contributed by atoms with E-state index < -0.39 is 0 Å². The van der Waals surface area contributed by atoms with E-state index in [-0.39, 0.29) is 0 Å². The highest BCUT2D eigenvalue weighted by molar-refractivity contribution is 6.02. The molecule has 0 spiro atoms. The van der Waals surface area contributed by atoms with Crippen molar-refractivity contribution in [3.63, 3.8) is 0 Å². The second kappa shape index (κ2) is 8.67. The van der Waals surface area contributed by atoms with Crippen LogP contribution in [0.1, 0.15) is 11.1 Å². The molecule has 0 unspecified atom stereocenters. The fraction of sp³-hybridized carbons (Fsp3) is 0.143. The van der Waals surface area contributed by atoms with Gasteiger partial charge in [0.05, 0.1) is 5.56 Å². The molecule has 0 aliphatic carbocycles. The summed E-state index contributed by atoms with van der Waals surface area (Å²) in [5.74, 6) is 1.54. The highest BCUT2D eigenvalue weighted by Gasteiger charge is 2.12. The van der Waals surface area contributed by atoms with Crippen LogP contribution in [0.15, 0.2) is 84.5 Å². The number of nitrogens with zero attached hydrogens (tertiary/aromatic N) is 4. The van der Waals surface area contributed by atoms with Crippen molar-refractivity contribution < 1.29 is 4.74 Å². The van der Waals surface area contributed by atoms with Gasteiger partial charge in [-0.15, -0.1) is 0 Å². The van der Waals surface area contributed by atoms with Crippen LogP contribution in [0.25, 0.3) is 6.08 Å². The molecule has 3 rings (SSSR count). The Hall–Kier alpha value is -3.34. The molecule has 132 valence electrons. The largest absolute Gasteiger partial charge is 0.489 e. The Morgan fingerprint density at radius 1 is 1.12 bits per heavy atom. The van der Waals surface area contributed by atoms with E-state index in [2.05, 4.69) is 22.2 Å². The highest BCUT2D eigenvalue weighted by atomic mass is 16.5. The monoisotopic (exact) mass is 346 g/mol. The van der Waals surface area contributed by atoms with Crippen molar-refractivity contribution in [1.29, 1.82) is 0 Å². The first kappa shape index (κ1) is 17.5. The predicted octanol–water partition coefficient (Wildman–Crippen LogP) is 3.75. The van der Waals surface area contributed by atoms with Gasteiger partial charge in [-0.2, -0.15) is 5.10 Å². The van der Waals surface area contributed by atoms with E-state index in [0.717, 1.165) is 22.7 Å². The Morgan fingerprint density at radius 3 is 2.62 bits per heavy atom. The summed E-state index contributed by atoms with van der Waals surface area (Å²) in [5, 5.41) is 6.37. The first-order valence-electron chi connectivity index (χ1n) is 8.42. The van der Waals surface area contributed by atoms with Crippen LogP contribution in [0.2, 0.25) is 0 Å². The Labute approximate surface area is 153 Å². The third kappa shape index (κ3) is 4.60. The SMILES string of the molecule is CN(C)N=C(c1ccccc1OCC=Cc1ccccc1)n1ccnc1. The van der Waals surface area contributed by atoms with Gasteiger partial charge in [0.15, 0.2) is 5.84 Å². The van der Waals surface area contributed by atoms with Gasteiger partial charge in [-0.25, -0.2) is 4.98 Å². The molecule has 0 fully saturated rings. The van der Waals surface area contributed by atoms with E-state index in [1.807, 2.05) is 79.5 Å². The maximum absolute atomic E-state index is 6.00. The van der Waals surface area contributed by atoms with Crippen molar-refractivity contribution in [3.05, 3.63) is 90.5 Å². The van der Waals surface area contributed by atoms with Gasteiger partial charge in [0.25, 0.3) is 0 Å². The van der Waals surface area contributed by atoms with Crippen LogP contribution in [0.5, 0.6) is 5.75 Å². The maximum Gasteiger partial charge on any atom is 0.168 e. The molecule has 0 saturated carbocycles. The van der Waals surface area contributed by atoms with Crippen molar-refractivity contribution >= 4 is 11.9 Å². The van der Waals surface area contributed by atoms with E-state index >= 15 is 0 Å². The molecule has 1 aromatic heterocycles. The normalized spacial score (nSPS) is 11.7. The van der Waals surface area contributed by atoms with E-state index in [0.29, 0.717) is 6.61 Å². The van der Waals surface area contributed by atoms with Crippen molar-refractivity contribution in [3.8, 4) is 5.75 Å². The lowest BCUT2D eigenvalue weighted by molar-refractivity contribution is 0.362. The van der Waals surface area contributed by atoms with Crippen LogP contribution >= 0.6 is 0 Å². The van der Waals surface area contributed by atoms with Crippen molar-refractivity contribution in [2.24, 2.45) is 5.10 Å². The molecule has 0 radical (unpaired) electrons. The molecule has 5 nitrogen and oxygen atoms in total. The van der Waals surface area contributed by atoms with E-state index in [1.54, 1.807) is 17.5 Å². The second-order valence-electron chi connectivity index (χ2n) is 5.86. The maximum atomic E-state index is 6.00. The molecule has 0 aliphatic rings. The zero-order chi connectivity index (χ0) is 18.2. The Bertz CT molecular complexity index is 868. The molecule has 26 heavy (non-hydrogen) atoms. The third-order valence-electron chi connectivity index (χ3n) is 3.62. The minimum atomic E-state index is 0.477. The van der Waals surface area contributed by atoms with E-state index in [9.17, 15) is 0 Å². The number of aromatic nitrogens is 2. The lowest BCUT2D eigenvalue weighted by Gasteiger charge is -2.15. The first-order chi connectivity index (χ1) is 12.7. The minimum absolute atomic E-state index is 0.477. The smallest absolute Gasteiger partial charge is 0.168 e. The number of hydrogen-bond donors (Lipinski definition) is 0. The Kier molecular flexibility index (Phi) is 5.83. The van der Waals surface area contributed by atoms with Crippen molar-refractivity contribution in [1.82, 2.24) is 14.6 Å². The van der Waals surface area contributed by atoms with Crippen LogP contribution in [0.3, 0.4) is 0 Å². The number of benzene rings is 2. The summed E-state index contributed by atoms with van der Waals surface area (Å²) >= 11 is 0. The van der Waals surface area contributed by atoms with Crippen LogP contribution in [-0.4, -0.2) is 41.1 Å². The molecule has 0 aliphatic heterocycles.